The maximum absolute atomic E-state index is 9.31. The van der Waals surface area contributed by atoms with E-state index in [-0.39, 0.29) is 6.04 Å². The summed E-state index contributed by atoms with van der Waals surface area (Å²) >= 11 is 0. The molecule has 1 atom stereocenters. The monoisotopic (exact) mass is 257 g/mol. The first-order chi connectivity index (χ1) is 9.19. The van der Waals surface area contributed by atoms with Crippen LogP contribution < -0.4 is 5.32 Å². The first-order valence-corrected chi connectivity index (χ1v) is 6.49. The summed E-state index contributed by atoms with van der Waals surface area (Å²) in [6.07, 6.45) is 4.55. The van der Waals surface area contributed by atoms with Gasteiger partial charge >= 0.3 is 0 Å². The van der Waals surface area contributed by atoms with E-state index in [0.29, 0.717) is 12.3 Å². The van der Waals surface area contributed by atoms with E-state index in [1.165, 1.54) is 5.56 Å². The molecule has 0 fully saturated rings. The highest BCUT2D eigenvalue weighted by Gasteiger charge is 2.08. The Morgan fingerprint density at radius 3 is 2.47 bits per heavy atom. The molecule has 2 aromatic rings. The third-order valence-corrected chi connectivity index (χ3v) is 3.07. The maximum Gasteiger partial charge on any atom is 0.115 e. The Bertz CT molecular complexity index is 508. The molecule has 0 radical (unpaired) electrons. The van der Waals surface area contributed by atoms with Crippen LogP contribution in [0.3, 0.4) is 0 Å². The van der Waals surface area contributed by atoms with E-state index < -0.39 is 0 Å². The number of aromatic hydroxyl groups is 1. The van der Waals surface area contributed by atoms with Gasteiger partial charge in [0.25, 0.3) is 0 Å². The first kappa shape index (κ1) is 13.5. The molecule has 100 valence electrons. The van der Waals surface area contributed by atoms with Crippen molar-refractivity contribution in [3.8, 4) is 5.75 Å². The van der Waals surface area contributed by atoms with Crippen LogP contribution in [0, 0.1) is 6.92 Å². The van der Waals surface area contributed by atoms with Gasteiger partial charge in [0.05, 0.1) is 11.4 Å². The van der Waals surface area contributed by atoms with Crippen LogP contribution >= 0.6 is 0 Å². The van der Waals surface area contributed by atoms with Gasteiger partial charge < -0.3 is 10.4 Å². The Hall–Kier alpha value is -1.94. The molecule has 1 aromatic heterocycles. The van der Waals surface area contributed by atoms with Crippen molar-refractivity contribution in [1.82, 2.24) is 15.3 Å². The molecule has 0 aliphatic heterocycles. The lowest BCUT2D eigenvalue weighted by molar-refractivity contribution is 0.473. The molecule has 0 saturated carbocycles. The number of aromatic nitrogens is 2. The topological polar surface area (TPSA) is 58.0 Å². The first-order valence-electron chi connectivity index (χ1n) is 6.49. The molecule has 2 N–H and O–H groups in total. The second-order valence-electron chi connectivity index (χ2n) is 4.58. The third kappa shape index (κ3) is 3.76. The number of nitrogens with zero attached hydrogens (tertiary/aromatic N) is 2. The van der Waals surface area contributed by atoms with E-state index >= 15 is 0 Å². The summed E-state index contributed by atoms with van der Waals surface area (Å²) in [5.41, 5.74) is 3.03. The summed E-state index contributed by atoms with van der Waals surface area (Å²) in [5, 5.41) is 12.8. The summed E-state index contributed by atoms with van der Waals surface area (Å²) in [5.74, 6) is 0.294. The minimum absolute atomic E-state index is 0.253. The zero-order valence-corrected chi connectivity index (χ0v) is 11.3. The van der Waals surface area contributed by atoms with Crippen molar-refractivity contribution in [1.29, 1.82) is 0 Å². The number of benzene rings is 1. The lowest BCUT2D eigenvalue weighted by Gasteiger charge is -2.17. The zero-order valence-electron chi connectivity index (χ0n) is 11.3. The molecule has 0 spiro atoms. The molecule has 1 aromatic carbocycles. The van der Waals surface area contributed by atoms with Crippen molar-refractivity contribution in [2.75, 3.05) is 0 Å². The Kier molecular flexibility index (Phi) is 4.47. The zero-order chi connectivity index (χ0) is 13.7. The smallest absolute Gasteiger partial charge is 0.115 e. The second-order valence-corrected chi connectivity index (χ2v) is 4.58. The molecule has 0 aliphatic rings. The van der Waals surface area contributed by atoms with Crippen molar-refractivity contribution in [2.24, 2.45) is 0 Å². The van der Waals surface area contributed by atoms with E-state index in [4.69, 9.17) is 0 Å². The van der Waals surface area contributed by atoms with Gasteiger partial charge in [-0.1, -0.05) is 19.1 Å². The fourth-order valence-electron chi connectivity index (χ4n) is 1.94. The summed E-state index contributed by atoms with van der Waals surface area (Å²) in [6.45, 7) is 4.74. The summed E-state index contributed by atoms with van der Waals surface area (Å²) in [4.78, 5) is 8.56. The number of rotatable bonds is 5. The lowest BCUT2D eigenvalue weighted by atomic mass is 10.0. The summed E-state index contributed by atoms with van der Waals surface area (Å²) in [6, 6.07) is 7.56. The van der Waals surface area contributed by atoms with Gasteiger partial charge in [0.15, 0.2) is 0 Å². The average Bonchev–Trinajstić information content (AvgIpc) is 2.43. The van der Waals surface area contributed by atoms with Crippen LogP contribution in [0.2, 0.25) is 0 Å². The Labute approximate surface area is 113 Å². The van der Waals surface area contributed by atoms with Crippen molar-refractivity contribution in [2.45, 2.75) is 32.9 Å². The number of phenols is 1. The number of hydrogen-bond acceptors (Lipinski definition) is 4. The maximum atomic E-state index is 9.31. The highest BCUT2D eigenvalue weighted by Crippen LogP contribution is 2.19. The third-order valence-electron chi connectivity index (χ3n) is 3.07. The molecule has 1 heterocycles. The predicted molar refractivity (Wildman–Crippen MR) is 74.7 cm³/mol. The molecule has 4 heteroatoms. The van der Waals surface area contributed by atoms with E-state index in [1.807, 2.05) is 19.1 Å². The Morgan fingerprint density at radius 1 is 1.16 bits per heavy atom. The highest BCUT2D eigenvalue weighted by atomic mass is 16.3. The predicted octanol–water partition coefficient (Wildman–Crippen LogP) is 2.73. The molecular formula is C15H19N3O. The second kappa shape index (κ2) is 6.29. The van der Waals surface area contributed by atoms with Crippen molar-refractivity contribution >= 4 is 0 Å². The Balaban J connectivity index is 1.99. The summed E-state index contributed by atoms with van der Waals surface area (Å²) in [7, 11) is 0. The fraction of sp³-hybridized carbons (Fsp3) is 0.333. The standard InChI is InChI=1S/C15H19N3O/c1-3-15(12-4-6-14(19)7-5-12)18-10-13-9-16-11(2)8-17-13/h4-9,15,18-19H,3,10H2,1-2H3. The normalized spacial score (nSPS) is 12.3. The molecule has 2 rings (SSSR count). The van der Waals surface area contributed by atoms with Gasteiger partial charge in [-0.05, 0) is 31.0 Å². The van der Waals surface area contributed by atoms with Gasteiger partial charge in [-0.2, -0.15) is 0 Å². The van der Waals surface area contributed by atoms with Crippen LogP contribution in [-0.2, 0) is 6.54 Å². The molecule has 0 amide bonds. The van der Waals surface area contributed by atoms with Crippen LogP contribution in [0.5, 0.6) is 5.75 Å². The van der Waals surface area contributed by atoms with Crippen LogP contribution in [0.25, 0.3) is 0 Å². The van der Waals surface area contributed by atoms with Crippen LogP contribution in [0.1, 0.15) is 36.3 Å². The van der Waals surface area contributed by atoms with E-state index in [1.54, 1.807) is 24.5 Å². The van der Waals surface area contributed by atoms with Gasteiger partial charge in [0, 0.05) is 25.0 Å². The summed E-state index contributed by atoms with van der Waals surface area (Å²) < 4.78 is 0. The van der Waals surface area contributed by atoms with Gasteiger partial charge in [-0.3, -0.25) is 9.97 Å². The van der Waals surface area contributed by atoms with Crippen LogP contribution in [0.4, 0.5) is 0 Å². The van der Waals surface area contributed by atoms with Crippen molar-refractivity contribution in [3.63, 3.8) is 0 Å². The number of hydrogen-bond donors (Lipinski definition) is 2. The van der Waals surface area contributed by atoms with Crippen molar-refractivity contribution in [3.05, 3.63) is 53.6 Å². The van der Waals surface area contributed by atoms with Gasteiger partial charge in [0.2, 0.25) is 0 Å². The number of phenolic OH excluding ortho intramolecular Hbond substituents is 1. The van der Waals surface area contributed by atoms with Gasteiger partial charge in [-0.25, -0.2) is 0 Å². The quantitative estimate of drug-likeness (QED) is 0.864. The van der Waals surface area contributed by atoms with E-state index in [9.17, 15) is 5.11 Å². The molecule has 1 unspecified atom stereocenters. The highest BCUT2D eigenvalue weighted by molar-refractivity contribution is 5.28. The largest absolute Gasteiger partial charge is 0.508 e. The van der Waals surface area contributed by atoms with Gasteiger partial charge in [-0.15, -0.1) is 0 Å². The molecule has 0 bridgehead atoms. The molecular weight excluding hydrogens is 238 g/mol. The molecule has 0 saturated heterocycles. The SMILES string of the molecule is CCC(NCc1cnc(C)cn1)c1ccc(O)cc1. The molecule has 4 nitrogen and oxygen atoms in total. The minimum atomic E-state index is 0.253. The van der Waals surface area contributed by atoms with Crippen LogP contribution in [0.15, 0.2) is 36.7 Å². The lowest BCUT2D eigenvalue weighted by Crippen LogP contribution is -2.20. The van der Waals surface area contributed by atoms with E-state index in [2.05, 4.69) is 22.2 Å². The molecule has 19 heavy (non-hydrogen) atoms. The molecule has 0 aliphatic carbocycles. The van der Waals surface area contributed by atoms with Crippen molar-refractivity contribution < 1.29 is 5.11 Å². The Morgan fingerprint density at radius 2 is 1.89 bits per heavy atom. The average molecular weight is 257 g/mol. The fourth-order valence-corrected chi connectivity index (χ4v) is 1.94. The van der Waals surface area contributed by atoms with Gasteiger partial charge in [0.1, 0.15) is 5.75 Å². The van der Waals surface area contributed by atoms with Crippen LogP contribution in [-0.4, -0.2) is 15.1 Å². The number of aryl methyl sites for hydroxylation is 1. The number of nitrogens with one attached hydrogen (secondary N) is 1. The minimum Gasteiger partial charge on any atom is -0.508 e. The van der Waals surface area contributed by atoms with E-state index in [0.717, 1.165) is 17.8 Å².